The van der Waals surface area contributed by atoms with Gasteiger partial charge in [0.15, 0.2) is 0 Å². The predicted molar refractivity (Wildman–Crippen MR) is 85.8 cm³/mol. The van der Waals surface area contributed by atoms with Gasteiger partial charge in [-0.3, -0.25) is 4.79 Å². The molecule has 0 fully saturated rings. The number of aliphatic carboxylic acids is 1. The van der Waals surface area contributed by atoms with Crippen LogP contribution >= 0.6 is 0 Å². The monoisotopic (exact) mass is 342 g/mol. The lowest BCUT2D eigenvalue weighted by Gasteiger charge is -2.19. The molecule has 8 heteroatoms. The summed E-state index contributed by atoms with van der Waals surface area (Å²) in [5, 5.41) is 11.6. The van der Waals surface area contributed by atoms with Gasteiger partial charge in [0.1, 0.15) is 6.04 Å². The molecule has 1 rings (SSSR count). The number of hydrogen-bond acceptors (Lipinski definition) is 4. The highest BCUT2D eigenvalue weighted by atomic mass is 32.2. The molecule has 1 amide bonds. The minimum absolute atomic E-state index is 0.0356. The topological polar surface area (TPSA) is 113 Å². The molecule has 0 saturated carbocycles. The van der Waals surface area contributed by atoms with Gasteiger partial charge in [0.2, 0.25) is 10.0 Å². The Hall–Kier alpha value is -1.93. The zero-order valence-electron chi connectivity index (χ0n) is 13.6. The van der Waals surface area contributed by atoms with Crippen molar-refractivity contribution in [2.24, 2.45) is 5.92 Å². The van der Waals surface area contributed by atoms with E-state index in [-0.39, 0.29) is 22.9 Å². The second kappa shape index (κ2) is 7.56. The zero-order chi connectivity index (χ0) is 17.8. The van der Waals surface area contributed by atoms with Crippen LogP contribution in [0, 0.1) is 12.8 Å². The lowest BCUT2D eigenvalue weighted by molar-refractivity contribution is -0.140. The van der Waals surface area contributed by atoms with Crippen molar-refractivity contribution in [3.05, 3.63) is 29.3 Å². The van der Waals surface area contributed by atoms with E-state index in [1.54, 1.807) is 27.7 Å². The van der Waals surface area contributed by atoms with Crippen molar-refractivity contribution in [1.82, 2.24) is 10.0 Å². The molecule has 0 aromatic heterocycles. The molecule has 0 saturated heterocycles. The summed E-state index contributed by atoms with van der Waals surface area (Å²) in [6.07, 6.45) is 0. The Labute approximate surface area is 136 Å². The van der Waals surface area contributed by atoms with E-state index in [9.17, 15) is 18.0 Å². The standard InChI is InChI=1S/C15H22N2O5S/c1-5-16-23(21,22)11-7-6-10(4)12(8-11)14(18)17-13(9(2)3)15(19)20/h6-9,13,16H,5H2,1-4H3,(H,17,18)(H,19,20). The third kappa shape index (κ3) is 4.77. The molecule has 1 unspecified atom stereocenters. The van der Waals surface area contributed by atoms with Gasteiger partial charge in [-0.1, -0.05) is 26.8 Å². The average molecular weight is 342 g/mol. The summed E-state index contributed by atoms with van der Waals surface area (Å²) in [6, 6.07) is 3.13. The quantitative estimate of drug-likeness (QED) is 0.687. The highest BCUT2D eigenvalue weighted by Crippen LogP contribution is 2.16. The first-order valence-corrected chi connectivity index (χ1v) is 8.72. The first-order chi connectivity index (χ1) is 10.6. The molecule has 1 atom stereocenters. The number of sulfonamides is 1. The normalized spacial score (nSPS) is 12.9. The molecular formula is C15H22N2O5S. The van der Waals surface area contributed by atoms with E-state index in [1.165, 1.54) is 18.2 Å². The molecule has 0 heterocycles. The van der Waals surface area contributed by atoms with Crippen LogP contribution in [0.1, 0.15) is 36.7 Å². The average Bonchev–Trinajstić information content (AvgIpc) is 2.43. The van der Waals surface area contributed by atoms with Crippen LogP contribution in [0.4, 0.5) is 0 Å². The van der Waals surface area contributed by atoms with E-state index in [0.29, 0.717) is 5.56 Å². The summed E-state index contributed by atoms with van der Waals surface area (Å²) in [7, 11) is -3.69. The van der Waals surface area contributed by atoms with Gasteiger partial charge in [-0.15, -0.1) is 0 Å². The smallest absolute Gasteiger partial charge is 0.326 e. The van der Waals surface area contributed by atoms with E-state index in [4.69, 9.17) is 5.11 Å². The molecule has 0 aliphatic rings. The fraction of sp³-hybridized carbons (Fsp3) is 0.467. The molecule has 7 nitrogen and oxygen atoms in total. The molecule has 0 bridgehead atoms. The maximum absolute atomic E-state index is 12.3. The van der Waals surface area contributed by atoms with Crippen LogP contribution in [0.5, 0.6) is 0 Å². The van der Waals surface area contributed by atoms with Gasteiger partial charge in [0.25, 0.3) is 5.91 Å². The summed E-state index contributed by atoms with van der Waals surface area (Å²) in [6.45, 7) is 6.89. The van der Waals surface area contributed by atoms with E-state index < -0.39 is 27.9 Å². The Morgan fingerprint density at radius 2 is 1.87 bits per heavy atom. The molecule has 3 N–H and O–H groups in total. The molecular weight excluding hydrogens is 320 g/mol. The number of carbonyl (C=O) groups is 2. The van der Waals surface area contributed by atoms with Crippen molar-refractivity contribution in [1.29, 1.82) is 0 Å². The van der Waals surface area contributed by atoms with Gasteiger partial charge >= 0.3 is 5.97 Å². The minimum atomic E-state index is -3.69. The highest BCUT2D eigenvalue weighted by molar-refractivity contribution is 7.89. The van der Waals surface area contributed by atoms with Crippen LogP contribution in [0.3, 0.4) is 0 Å². The van der Waals surface area contributed by atoms with Crippen LogP contribution in [-0.4, -0.2) is 38.0 Å². The largest absolute Gasteiger partial charge is 0.480 e. The van der Waals surface area contributed by atoms with E-state index >= 15 is 0 Å². The third-order valence-electron chi connectivity index (χ3n) is 3.32. The van der Waals surface area contributed by atoms with Crippen molar-refractivity contribution in [3.8, 4) is 0 Å². The fourth-order valence-corrected chi connectivity index (χ4v) is 3.09. The maximum atomic E-state index is 12.3. The molecule has 23 heavy (non-hydrogen) atoms. The number of amides is 1. The fourth-order valence-electron chi connectivity index (χ4n) is 2.02. The van der Waals surface area contributed by atoms with Crippen LogP contribution in [0.25, 0.3) is 0 Å². The number of carboxylic acids is 1. The molecule has 1 aromatic rings. The van der Waals surface area contributed by atoms with E-state index in [0.717, 1.165) is 0 Å². The number of carboxylic acid groups (broad SMARTS) is 1. The molecule has 1 aromatic carbocycles. The number of nitrogens with one attached hydrogen (secondary N) is 2. The molecule has 0 radical (unpaired) electrons. The van der Waals surface area contributed by atoms with E-state index in [1.807, 2.05) is 0 Å². The Bertz CT molecular complexity index is 698. The Morgan fingerprint density at radius 3 is 2.35 bits per heavy atom. The molecule has 0 aliphatic heterocycles. The SMILES string of the molecule is CCNS(=O)(=O)c1ccc(C)c(C(=O)NC(C(=O)O)C(C)C)c1. The second-order valence-electron chi connectivity index (χ2n) is 5.51. The van der Waals surface area contributed by atoms with Crippen molar-refractivity contribution >= 4 is 21.9 Å². The first kappa shape index (κ1) is 19.1. The third-order valence-corrected chi connectivity index (χ3v) is 4.86. The summed E-state index contributed by atoms with van der Waals surface area (Å²) in [5.41, 5.74) is 0.696. The van der Waals surface area contributed by atoms with Gasteiger partial charge in [-0.25, -0.2) is 17.9 Å². The molecule has 0 aliphatic carbocycles. The van der Waals surface area contributed by atoms with Gasteiger partial charge in [0.05, 0.1) is 4.90 Å². The van der Waals surface area contributed by atoms with Crippen LogP contribution < -0.4 is 10.0 Å². The summed E-state index contributed by atoms with van der Waals surface area (Å²) in [4.78, 5) is 23.5. The van der Waals surface area contributed by atoms with Gasteiger partial charge in [-0.05, 0) is 30.5 Å². The van der Waals surface area contributed by atoms with Crippen molar-refractivity contribution in [2.75, 3.05) is 6.54 Å². The summed E-state index contributed by atoms with van der Waals surface area (Å²) >= 11 is 0. The van der Waals surface area contributed by atoms with Gasteiger partial charge < -0.3 is 10.4 Å². The number of hydrogen-bond donors (Lipinski definition) is 3. The molecule has 128 valence electrons. The Morgan fingerprint density at radius 1 is 1.26 bits per heavy atom. The van der Waals surface area contributed by atoms with Gasteiger partial charge in [0, 0.05) is 12.1 Å². The Kier molecular flexibility index (Phi) is 6.28. The zero-order valence-corrected chi connectivity index (χ0v) is 14.4. The number of carbonyl (C=O) groups excluding carboxylic acids is 1. The second-order valence-corrected chi connectivity index (χ2v) is 7.28. The number of aryl methyl sites for hydroxylation is 1. The predicted octanol–water partition coefficient (Wildman–Crippen LogP) is 1.13. The summed E-state index contributed by atoms with van der Waals surface area (Å²) < 4.78 is 26.4. The first-order valence-electron chi connectivity index (χ1n) is 7.24. The molecule has 0 spiro atoms. The highest BCUT2D eigenvalue weighted by Gasteiger charge is 2.25. The van der Waals surface area contributed by atoms with Crippen LogP contribution in [-0.2, 0) is 14.8 Å². The number of benzene rings is 1. The lowest BCUT2D eigenvalue weighted by atomic mass is 10.0. The van der Waals surface area contributed by atoms with Crippen LogP contribution in [0.15, 0.2) is 23.1 Å². The van der Waals surface area contributed by atoms with Crippen molar-refractivity contribution in [2.45, 2.75) is 38.6 Å². The number of rotatable bonds is 7. The Balaban J connectivity index is 3.17. The van der Waals surface area contributed by atoms with Crippen molar-refractivity contribution in [3.63, 3.8) is 0 Å². The van der Waals surface area contributed by atoms with Crippen molar-refractivity contribution < 1.29 is 23.1 Å². The minimum Gasteiger partial charge on any atom is -0.480 e. The van der Waals surface area contributed by atoms with Gasteiger partial charge in [-0.2, -0.15) is 0 Å². The lowest BCUT2D eigenvalue weighted by Crippen LogP contribution is -2.44. The van der Waals surface area contributed by atoms with Crippen LogP contribution in [0.2, 0.25) is 0 Å². The maximum Gasteiger partial charge on any atom is 0.326 e. The summed E-state index contributed by atoms with van der Waals surface area (Å²) in [5.74, 6) is -2.05. The van der Waals surface area contributed by atoms with E-state index in [2.05, 4.69) is 10.0 Å².